The first-order valence-corrected chi connectivity index (χ1v) is 10.3. The summed E-state index contributed by atoms with van der Waals surface area (Å²) in [5.74, 6) is 0.0935. The number of carbonyl (C=O) groups excluding carboxylic acids is 2. The van der Waals surface area contributed by atoms with Crippen molar-refractivity contribution in [1.29, 1.82) is 0 Å². The standard InChI is InChI=1S/C21H34N2O3S/c1-10-19(26-15(6)7)16(8)18(12-27-9)20(24)22-11-17(13(2)3)21(25)23-14(4)5/h10,15,19H,1,4,11-12H2,2-3,5-9H3,(H,22,24)(H,23,25)/b18-16+. The summed E-state index contributed by atoms with van der Waals surface area (Å²) >= 11 is 1.56. The maximum atomic E-state index is 12.8. The average Bonchev–Trinajstić information content (AvgIpc) is 2.55. The first kappa shape index (κ1) is 25.2. The van der Waals surface area contributed by atoms with Gasteiger partial charge in [0.15, 0.2) is 0 Å². The third kappa shape index (κ3) is 9.11. The highest BCUT2D eigenvalue weighted by molar-refractivity contribution is 7.98. The third-order valence-electron chi connectivity index (χ3n) is 3.73. The maximum absolute atomic E-state index is 12.8. The highest BCUT2D eigenvalue weighted by atomic mass is 32.2. The minimum atomic E-state index is -0.326. The van der Waals surface area contributed by atoms with E-state index in [1.807, 2.05) is 40.9 Å². The van der Waals surface area contributed by atoms with Crippen LogP contribution >= 0.6 is 11.8 Å². The van der Waals surface area contributed by atoms with Crippen molar-refractivity contribution >= 4 is 23.6 Å². The fourth-order valence-corrected chi connectivity index (χ4v) is 2.98. The number of carbonyl (C=O) groups is 2. The van der Waals surface area contributed by atoms with Gasteiger partial charge in [-0.1, -0.05) is 18.2 Å². The Labute approximate surface area is 168 Å². The molecule has 1 unspecified atom stereocenters. The normalized spacial score (nSPS) is 12.7. The lowest BCUT2D eigenvalue weighted by Crippen LogP contribution is -2.35. The van der Waals surface area contributed by atoms with Gasteiger partial charge in [0.05, 0.1) is 12.2 Å². The Morgan fingerprint density at radius 1 is 1.11 bits per heavy atom. The van der Waals surface area contributed by atoms with Crippen LogP contribution in [0.2, 0.25) is 0 Å². The van der Waals surface area contributed by atoms with E-state index in [2.05, 4.69) is 23.8 Å². The topological polar surface area (TPSA) is 67.4 Å². The van der Waals surface area contributed by atoms with Gasteiger partial charge in [0.2, 0.25) is 5.91 Å². The Balaban J connectivity index is 5.46. The van der Waals surface area contributed by atoms with E-state index in [1.54, 1.807) is 24.8 Å². The van der Waals surface area contributed by atoms with E-state index in [9.17, 15) is 9.59 Å². The summed E-state index contributed by atoms with van der Waals surface area (Å²) in [5.41, 5.74) is 3.39. The van der Waals surface area contributed by atoms with Crippen LogP contribution in [0.4, 0.5) is 0 Å². The summed E-state index contributed by atoms with van der Waals surface area (Å²) in [4.78, 5) is 25.1. The summed E-state index contributed by atoms with van der Waals surface area (Å²) in [7, 11) is 0. The molecule has 0 heterocycles. The van der Waals surface area contributed by atoms with Gasteiger partial charge in [0.25, 0.3) is 5.91 Å². The van der Waals surface area contributed by atoms with Gasteiger partial charge in [-0.25, -0.2) is 0 Å². The monoisotopic (exact) mass is 394 g/mol. The fraction of sp³-hybridized carbons (Fsp3) is 0.524. The molecule has 0 aromatic rings. The molecule has 152 valence electrons. The SMILES string of the molecule is C=CC(OC(C)C)/C(C)=C(\CSC)C(=O)NCC(C(=O)NC(=C)C)=C(C)C. The molecule has 0 aliphatic rings. The van der Waals surface area contributed by atoms with Crippen LogP contribution in [0, 0.1) is 0 Å². The highest BCUT2D eigenvalue weighted by Gasteiger charge is 2.20. The predicted octanol–water partition coefficient (Wildman–Crippen LogP) is 3.75. The van der Waals surface area contributed by atoms with E-state index in [1.165, 1.54) is 0 Å². The first-order valence-electron chi connectivity index (χ1n) is 8.93. The zero-order valence-electron chi connectivity index (χ0n) is 17.7. The Morgan fingerprint density at radius 3 is 2.11 bits per heavy atom. The second kappa shape index (κ2) is 12.6. The van der Waals surface area contributed by atoms with Crippen LogP contribution in [0.3, 0.4) is 0 Å². The van der Waals surface area contributed by atoms with Crippen molar-refractivity contribution in [2.75, 3.05) is 18.6 Å². The number of hydrogen-bond donors (Lipinski definition) is 2. The van der Waals surface area contributed by atoms with Crippen molar-refractivity contribution in [3.05, 3.63) is 47.2 Å². The van der Waals surface area contributed by atoms with Crippen molar-refractivity contribution < 1.29 is 14.3 Å². The minimum Gasteiger partial charge on any atom is -0.367 e. The van der Waals surface area contributed by atoms with Gasteiger partial charge < -0.3 is 15.4 Å². The van der Waals surface area contributed by atoms with Crippen LogP contribution in [-0.2, 0) is 14.3 Å². The Bertz CT molecular complexity index is 629. The maximum Gasteiger partial charge on any atom is 0.253 e. The zero-order chi connectivity index (χ0) is 21.1. The molecular weight excluding hydrogens is 360 g/mol. The molecule has 0 saturated heterocycles. The molecule has 0 bridgehead atoms. The van der Waals surface area contributed by atoms with Crippen LogP contribution in [0.15, 0.2) is 47.2 Å². The summed E-state index contributed by atoms with van der Waals surface area (Å²) in [5, 5.41) is 5.55. The quantitative estimate of drug-likeness (QED) is 0.414. The first-order chi connectivity index (χ1) is 12.5. The van der Waals surface area contributed by atoms with E-state index in [0.717, 1.165) is 11.1 Å². The summed E-state index contributed by atoms with van der Waals surface area (Å²) in [6.07, 6.45) is 3.33. The van der Waals surface area contributed by atoms with Gasteiger partial charge in [0, 0.05) is 29.1 Å². The molecule has 2 amide bonds. The van der Waals surface area contributed by atoms with E-state index in [0.29, 0.717) is 22.6 Å². The molecule has 0 aromatic heterocycles. The van der Waals surface area contributed by atoms with Gasteiger partial charge in [0.1, 0.15) is 0 Å². The van der Waals surface area contributed by atoms with Crippen molar-refractivity contribution in [3.8, 4) is 0 Å². The smallest absolute Gasteiger partial charge is 0.253 e. The lowest BCUT2D eigenvalue weighted by molar-refractivity contribution is -0.117. The summed E-state index contributed by atoms with van der Waals surface area (Å²) < 4.78 is 5.84. The number of amides is 2. The van der Waals surface area contributed by atoms with Crippen LogP contribution in [-0.4, -0.2) is 42.6 Å². The van der Waals surface area contributed by atoms with E-state index in [-0.39, 0.29) is 30.6 Å². The van der Waals surface area contributed by atoms with Gasteiger partial charge in [-0.2, -0.15) is 11.8 Å². The fourth-order valence-electron chi connectivity index (χ4n) is 2.33. The van der Waals surface area contributed by atoms with Gasteiger partial charge in [-0.3, -0.25) is 9.59 Å². The Hall–Kier alpha value is -1.79. The highest BCUT2D eigenvalue weighted by Crippen LogP contribution is 2.18. The molecular formula is C21H34N2O3S. The molecule has 0 spiro atoms. The zero-order valence-corrected chi connectivity index (χ0v) is 18.5. The second-order valence-electron chi connectivity index (χ2n) is 6.83. The molecule has 6 heteroatoms. The lowest BCUT2D eigenvalue weighted by Gasteiger charge is -2.21. The summed E-state index contributed by atoms with van der Waals surface area (Å²) in [6.45, 7) is 18.8. The van der Waals surface area contributed by atoms with Crippen LogP contribution < -0.4 is 10.6 Å². The molecule has 0 saturated carbocycles. The number of hydrogen-bond acceptors (Lipinski definition) is 4. The van der Waals surface area contributed by atoms with Gasteiger partial charge in [-0.15, -0.1) is 6.58 Å². The van der Waals surface area contributed by atoms with Crippen molar-refractivity contribution in [2.24, 2.45) is 0 Å². The van der Waals surface area contributed by atoms with Crippen LogP contribution in [0.1, 0.15) is 41.5 Å². The molecule has 0 aliphatic heterocycles. The number of ether oxygens (including phenoxy) is 1. The molecule has 5 nitrogen and oxygen atoms in total. The van der Waals surface area contributed by atoms with Gasteiger partial charge >= 0.3 is 0 Å². The average molecular weight is 395 g/mol. The largest absolute Gasteiger partial charge is 0.367 e. The molecule has 0 radical (unpaired) electrons. The lowest BCUT2D eigenvalue weighted by atomic mass is 10.0. The van der Waals surface area contributed by atoms with Crippen molar-refractivity contribution in [3.63, 3.8) is 0 Å². The van der Waals surface area contributed by atoms with E-state index in [4.69, 9.17) is 4.74 Å². The Kier molecular flexibility index (Phi) is 11.7. The minimum absolute atomic E-state index is 0.0182. The predicted molar refractivity (Wildman–Crippen MR) is 116 cm³/mol. The molecule has 0 fully saturated rings. The summed E-state index contributed by atoms with van der Waals surface area (Å²) in [6, 6.07) is 0. The van der Waals surface area contributed by atoms with Crippen LogP contribution in [0.5, 0.6) is 0 Å². The molecule has 0 rings (SSSR count). The molecule has 0 aliphatic carbocycles. The number of allylic oxidation sites excluding steroid dienone is 2. The number of nitrogens with one attached hydrogen (secondary N) is 2. The van der Waals surface area contributed by atoms with Crippen molar-refractivity contribution in [2.45, 2.75) is 53.8 Å². The molecule has 2 N–H and O–H groups in total. The van der Waals surface area contributed by atoms with Gasteiger partial charge in [-0.05, 0) is 53.4 Å². The van der Waals surface area contributed by atoms with E-state index >= 15 is 0 Å². The molecule has 27 heavy (non-hydrogen) atoms. The number of rotatable bonds is 11. The van der Waals surface area contributed by atoms with Crippen molar-refractivity contribution in [1.82, 2.24) is 10.6 Å². The molecule has 0 aromatic carbocycles. The third-order valence-corrected chi connectivity index (χ3v) is 4.31. The second-order valence-corrected chi connectivity index (χ2v) is 7.70. The number of thioether (sulfide) groups is 1. The van der Waals surface area contributed by atoms with Crippen LogP contribution in [0.25, 0.3) is 0 Å². The Morgan fingerprint density at radius 2 is 1.70 bits per heavy atom. The molecule has 1 atom stereocenters. The van der Waals surface area contributed by atoms with E-state index < -0.39 is 0 Å².